The minimum Gasteiger partial charge on any atom is -0.324 e. The Morgan fingerprint density at radius 3 is 2.57 bits per heavy atom. The Hall–Kier alpha value is -1.55. The van der Waals surface area contributed by atoms with Gasteiger partial charge in [-0.05, 0) is 31.1 Å². The molecule has 1 rings (SSSR count). The van der Waals surface area contributed by atoms with Crippen LogP contribution >= 0.6 is 7.60 Å². The van der Waals surface area contributed by atoms with E-state index < -0.39 is 7.60 Å². The zero-order chi connectivity index (χ0) is 15.7. The summed E-state index contributed by atoms with van der Waals surface area (Å²) in [5.41, 5.74) is 2.07. The van der Waals surface area contributed by atoms with Crippen molar-refractivity contribution in [2.45, 2.75) is 20.4 Å². The van der Waals surface area contributed by atoms with Crippen molar-refractivity contribution in [2.75, 3.05) is 12.7 Å². The molecule has 0 amide bonds. The van der Waals surface area contributed by atoms with Gasteiger partial charge in [-0.15, -0.1) is 0 Å². The summed E-state index contributed by atoms with van der Waals surface area (Å²) >= 11 is 0. The van der Waals surface area contributed by atoms with E-state index in [-0.39, 0.29) is 6.16 Å². The molecule has 0 spiro atoms. The topological polar surface area (TPSA) is 73.8 Å². The first-order valence-electron chi connectivity index (χ1n) is 6.83. The first kappa shape index (κ1) is 17.5. The molecular formula is C15H22N2O3P+. The van der Waals surface area contributed by atoms with Gasteiger partial charge in [-0.25, -0.2) is 4.57 Å². The maximum atomic E-state index is 10.9. The summed E-state index contributed by atoms with van der Waals surface area (Å²) in [7, 11) is -3.95. The highest BCUT2D eigenvalue weighted by molar-refractivity contribution is 7.51. The Labute approximate surface area is 125 Å². The van der Waals surface area contributed by atoms with E-state index in [0.29, 0.717) is 6.54 Å². The molecule has 0 aliphatic rings. The van der Waals surface area contributed by atoms with E-state index in [1.807, 2.05) is 56.6 Å². The van der Waals surface area contributed by atoms with Crippen LogP contribution < -0.4 is 4.57 Å². The standard InChI is InChI=1S/C15H21N2O3P/c1-3-5-14(6-9-16-4-2)15-7-10-17(11-8-15)12-13-21(18,19)20/h3,5-11H,4,12-13H2,1-2H3,(H-,18,19,20)/p+1/b5-3-,14-6+,16-9?. The van der Waals surface area contributed by atoms with E-state index in [4.69, 9.17) is 9.79 Å². The molecule has 0 aliphatic heterocycles. The lowest BCUT2D eigenvalue weighted by molar-refractivity contribution is -0.692. The average Bonchev–Trinajstić information content (AvgIpc) is 2.44. The van der Waals surface area contributed by atoms with Crippen LogP contribution in [0.2, 0.25) is 0 Å². The largest absolute Gasteiger partial charge is 0.331 e. The molecule has 0 saturated heterocycles. The molecule has 114 valence electrons. The molecule has 0 unspecified atom stereocenters. The molecule has 6 heteroatoms. The summed E-state index contributed by atoms with van der Waals surface area (Å²) in [6.07, 6.45) is 11.2. The van der Waals surface area contributed by atoms with Crippen LogP contribution in [0.4, 0.5) is 0 Å². The fraction of sp³-hybridized carbons (Fsp3) is 0.333. The minimum absolute atomic E-state index is 0.155. The van der Waals surface area contributed by atoms with E-state index in [0.717, 1.165) is 17.7 Å². The van der Waals surface area contributed by atoms with Crippen molar-refractivity contribution in [2.24, 2.45) is 4.99 Å². The third kappa shape index (κ3) is 7.14. The molecule has 0 fully saturated rings. The third-order valence-electron chi connectivity index (χ3n) is 2.76. The summed E-state index contributed by atoms with van der Waals surface area (Å²) < 4.78 is 12.6. The zero-order valence-electron chi connectivity index (χ0n) is 12.4. The number of pyridine rings is 1. The summed E-state index contributed by atoms with van der Waals surface area (Å²) in [4.78, 5) is 21.9. The van der Waals surface area contributed by atoms with Crippen molar-refractivity contribution in [1.29, 1.82) is 0 Å². The van der Waals surface area contributed by atoms with Gasteiger partial charge in [-0.2, -0.15) is 0 Å². The minimum atomic E-state index is -3.95. The number of aliphatic imine (C=N–C) groups is 1. The van der Waals surface area contributed by atoms with Crippen molar-refractivity contribution in [3.05, 3.63) is 48.3 Å². The number of nitrogens with zero attached hydrogens (tertiary/aromatic N) is 2. The lowest BCUT2D eigenvalue weighted by Gasteiger charge is -2.03. The Bertz CT molecular complexity index is 571. The summed E-state index contributed by atoms with van der Waals surface area (Å²) in [6, 6.07) is 3.84. The number of allylic oxidation sites excluding steroid dienone is 4. The third-order valence-corrected chi connectivity index (χ3v) is 3.54. The average molecular weight is 309 g/mol. The van der Waals surface area contributed by atoms with E-state index in [2.05, 4.69) is 4.99 Å². The first-order valence-corrected chi connectivity index (χ1v) is 8.63. The van der Waals surface area contributed by atoms with Crippen molar-refractivity contribution in [3.8, 4) is 0 Å². The number of rotatable bonds is 7. The van der Waals surface area contributed by atoms with Gasteiger partial charge in [0.15, 0.2) is 18.9 Å². The Morgan fingerprint density at radius 1 is 1.38 bits per heavy atom. The number of aryl methyl sites for hydroxylation is 1. The maximum absolute atomic E-state index is 10.9. The van der Waals surface area contributed by atoms with Gasteiger partial charge in [0.2, 0.25) is 0 Å². The van der Waals surface area contributed by atoms with Gasteiger partial charge in [0.05, 0.1) is 0 Å². The van der Waals surface area contributed by atoms with Gasteiger partial charge < -0.3 is 9.79 Å². The van der Waals surface area contributed by atoms with E-state index in [1.165, 1.54) is 0 Å². The second-order valence-electron chi connectivity index (χ2n) is 4.48. The molecule has 0 aromatic carbocycles. The van der Waals surface area contributed by atoms with Gasteiger partial charge in [-0.3, -0.25) is 9.56 Å². The van der Waals surface area contributed by atoms with Gasteiger partial charge in [0.25, 0.3) is 0 Å². The molecule has 21 heavy (non-hydrogen) atoms. The van der Waals surface area contributed by atoms with E-state index >= 15 is 0 Å². The van der Waals surface area contributed by atoms with Crippen molar-refractivity contribution < 1.29 is 18.9 Å². The SMILES string of the molecule is C/C=C\C(=C/C=NCC)c1cc[n+](CCP(=O)(O)O)cc1. The van der Waals surface area contributed by atoms with Gasteiger partial charge in [0, 0.05) is 24.9 Å². The maximum Gasteiger partial charge on any atom is 0.331 e. The van der Waals surface area contributed by atoms with Gasteiger partial charge in [0.1, 0.15) is 6.16 Å². The van der Waals surface area contributed by atoms with E-state index in [1.54, 1.807) is 10.8 Å². The molecule has 0 atom stereocenters. The second kappa shape index (κ2) is 8.67. The fourth-order valence-electron chi connectivity index (χ4n) is 1.71. The first-order chi connectivity index (χ1) is 9.96. The lowest BCUT2D eigenvalue weighted by Crippen LogP contribution is -2.34. The quantitative estimate of drug-likeness (QED) is 0.351. The van der Waals surface area contributed by atoms with Crippen LogP contribution in [0.25, 0.3) is 5.57 Å². The summed E-state index contributed by atoms with van der Waals surface area (Å²) in [5.74, 6) is 0. The van der Waals surface area contributed by atoms with Crippen molar-refractivity contribution in [1.82, 2.24) is 0 Å². The molecule has 1 heterocycles. The highest BCUT2D eigenvalue weighted by Gasteiger charge is 2.15. The van der Waals surface area contributed by atoms with Crippen LogP contribution in [0.5, 0.6) is 0 Å². The molecule has 5 nitrogen and oxygen atoms in total. The predicted octanol–water partition coefficient (Wildman–Crippen LogP) is 2.20. The molecule has 0 radical (unpaired) electrons. The fourth-order valence-corrected chi connectivity index (χ4v) is 2.20. The second-order valence-corrected chi connectivity index (χ2v) is 6.26. The predicted molar refractivity (Wildman–Crippen MR) is 85.4 cm³/mol. The van der Waals surface area contributed by atoms with Crippen LogP contribution in [0, 0.1) is 0 Å². The number of hydrogen-bond donors (Lipinski definition) is 2. The van der Waals surface area contributed by atoms with E-state index in [9.17, 15) is 4.57 Å². The molecular weight excluding hydrogens is 287 g/mol. The Balaban J connectivity index is 2.85. The van der Waals surface area contributed by atoms with Crippen LogP contribution in [0.3, 0.4) is 0 Å². The lowest BCUT2D eigenvalue weighted by atomic mass is 10.1. The zero-order valence-corrected chi connectivity index (χ0v) is 13.3. The highest BCUT2D eigenvalue weighted by Crippen LogP contribution is 2.33. The van der Waals surface area contributed by atoms with Crippen LogP contribution in [0.1, 0.15) is 19.4 Å². The summed E-state index contributed by atoms with van der Waals surface area (Å²) in [6.45, 7) is 4.97. The monoisotopic (exact) mass is 309 g/mol. The molecule has 0 saturated carbocycles. The molecule has 2 N–H and O–H groups in total. The molecule has 1 aromatic rings. The normalized spacial score (nSPS) is 13.4. The molecule has 0 aliphatic carbocycles. The molecule has 1 aromatic heterocycles. The Kier molecular flexibility index (Phi) is 7.23. The van der Waals surface area contributed by atoms with Crippen molar-refractivity contribution in [3.63, 3.8) is 0 Å². The van der Waals surface area contributed by atoms with Crippen LogP contribution in [-0.4, -0.2) is 28.7 Å². The van der Waals surface area contributed by atoms with Gasteiger partial charge >= 0.3 is 7.60 Å². The smallest absolute Gasteiger partial charge is 0.324 e. The number of hydrogen-bond acceptors (Lipinski definition) is 2. The van der Waals surface area contributed by atoms with Crippen LogP contribution in [-0.2, 0) is 11.1 Å². The van der Waals surface area contributed by atoms with Crippen molar-refractivity contribution >= 4 is 19.4 Å². The van der Waals surface area contributed by atoms with Crippen LogP contribution in [0.15, 0.2) is 47.7 Å². The highest BCUT2D eigenvalue weighted by atomic mass is 31.2. The molecule has 0 bridgehead atoms. The summed E-state index contributed by atoms with van der Waals surface area (Å²) in [5, 5.41) is 0. The number of aromatic nitrogens is 1. The van der Waals surface area contributed by atoms with Gasteiger partial charge in [-0.1, -0.05) is 12.2 Å². The Morgan fingerprint density at radius 2 is 2.05 bits per heavy atom.